The number of carbonyl (C=O) groups excluding carboxylic acids is 1. The highest BCUT2D eigenvalue weighted by molar-refractivity contribution is 14.1. The van der Waals surface area contributed by atoms with Gasteiger partial charge in [-0.05, 0) is 34.7 Å². The summed E-state index contributed by atoms with van der Waals surface area (Å²) >= 11 is 5.27. The van der Waals surface area contributed by atoms with Crippen molar-refractivity contribution in [2.45, 2.75) is 0 Å². The SMILES string of the molecule is NC(=O)N/N=C/c1cc(Br)cc(I)c1O. The molecule has 0 aliphatic heterocycles. The maximum atomic E-state index is 10.3. The largest absolute Gasteiger partial charge is 0.506 e. The van der Waals surface area contributed by atoms with Crippen molar-refractivity contribution >= 4 is 50.8 Å². The molecule has 0 bridgehead atoms. The summed E-state index contributed by atoms with van der Waals surface area (Å²) in [5, 5.41) is 13.2. The van der Waals surface area contributed by atoms with E-state index in [1.807, 2.05) is 28.0 Å². The third-order valence-electron chi connectivity index (χ3n) is 1.44. The molecule has 0 radical (unpaired) electrons. The monoisotopic (exact) mass is 383 g/mol. The number of hydrogen-bond acceptors (Lipinski definition) is 3. The lowest BCUT2D eigenvalue weighted by molar-refractivity contribution is 0.249. The van der Waals surface area contributed by atoms with Crippen molar-refractivity contribution in [2.75, 3.05) is 0 Å². The highest BCUT2D eigenvalue weighted by atomic mass is 127. The fourth-order valence-electron chi connectivity index (χ4n) is 0.850. The van der Waals surface area contributed by atoms with Crippen LogP contribution in [0.2, 0.25) is 0 Å². The fourth-order valence-corrected chi connectivity index (χ4v) is 2.40. The van der Waals surface area contributed by atoms with E-state index in [-0.39, 0.29) is 5.75 Å². The highest BCUT2D eigenvalue weighted by Gasteiger charge is 2.04. The van der Waals surface area contributed by atoms with Gasteiger partial charge in [-0.2, -0.15) is 5.10 Å². The number of nitrogens with two attached hydrogens (primary N) is 1. The number of amides is 2. The second kappa shape index (κ2) is 5.31. The molecule has 80 valence electrons. The summed E-state index contributed by atoms with van der Waals surface area (Å²) in [6.07, 6.45) is 1.31. The van der Waals surface area contributed by atoms with Gasteiger partial charge >= 0.3 is 6.03 Å². The van der Waals surface area contributed by atoms with Crippen LogP contribution in [0.25, 0.3) is 0 Å². The molecule has 0 saturated heterocycles. The van der Waals surface area contributed by atoms with E-state index in [4.69, 9.17) is 5.73 Å². The molecule has 0 heterocycles. The first-order chi connectivity index (χ1) is 7.00. The number of urea groups is 1. The van der Waals surface area contributed by atoms with Crippen molar-refractivity contribution < 1.29 is 9.90 Å². The molecule has 1 rings (SSSR count). The summed E-state index contributed by atoms with van der Waals surface area (Å²) in [5.41, 5.74) is 7.35. The smallest absolute Gasteiger partial charge is 0.332 e. The summed E-state index contributed by atoms with van der Waals surface area (Å²) in [6, 6.07) is 2.67. The predicted octanol–water partition coefficient (Wildman–Crippen LogP) is 1.76. The topological polar surface area (TPSA) is 87.7 Å². The molecule has 5 nitrogen and oxygen atoms in total. The van der Waals surface area contributed by atoms with Crippen molar-refractivity contribution in [1.82, 2.24) is 5.43 Å². The van der Waals surface area contributed by atoms with Gasteiger partial charge in [0.2, 0.25) is 0 Å². The van der Waals surface area contributed by atoms with E-state index >= 15 is 0 Å². The number of phenolic OH excluding ortho intramolecular Hbond substituents is 1. The molecule has 0 aliphatic rings. The lowest BCUT2D eigenvalue weighted by Crippen LogP contribution is -2.24. The molecular weight excluding hydrogens is 377 g/mol. The molecule has 0 spiro atoms. The van der Waals surface area contributed by atoms with Gasteiger partial charge in [-0.3, -0.25) is 0 Å². The van der Waals surface area contributed by atoms with Crippen molar-refractivity contribution in [3.8, 4) is 5.75 Å². The van der Waals surface area contributed by atoms with Gasteiger partial charge < -0.3 is 10.8 Å². The van der Waals surface area contributed by atoms with Crippen molar-refractivity contribution in [3.05, 3.63) is 25.7 Å². The Bertz CT molecular complexity index is 423. The number of hydrogen-bond donors (Lipinski definition) is 3. The maximum absolute atomic E-state index is 10.3. The number of nitrogens with one attached hydrogen (secondary N) is 1. The number of aromatic hydroxyl groups is 1. The second-order valence-corrected chi connectivity index (χ2v) is 4.64. The quantitative estimate of drug-likeness (QED) is 0.413. The molecule has 7 heteroatoms. The first-order valence-electron chi connectivity index (χ1n) is 3.77. The first kappa shape index (κ1) is 12.2. The number of halogens is 2. The standard InChI is InChI=1S/C8H7BrIN3O2/c9-5-1-4(3-12-13-8(11)15)7(14)6(10)2-5/h1-3,14H,(H3,11,13,15)/b12-3+. The van der Waals surface area contributed by atoms with E-state index < -0.39 is 6.03 Å². The van der Waals surface area contributed by atoms with E-state index in [9.17, 15) is 9.90 Å². The van der Waals surface area contributed by atoms with Gasteiger partial charge in [0.15, 0.2) is 0 Å². The Morgan fingerprint density at radius 3 is 2.93 bits per heavy atom. The van der Waals surface area contributed by atoms with E-state index in [0.29, 0.717) is 9.13 Å². The number of rotatable bonds is 2. The van der Waals surface area contributed by atoms with Crippen LogP contribution in [0, 0.1) is 3.57 Å². The van der Waals surface area contributed by atoms with Gasteiger partial charge in [0.05, 0.1) is 9.78 Å². The summed E-state index contributed by atoms with van der Waals surface area (Å²) in [5.74, 6) is 0.105. The average molecular weight is 384 g/mol. The zero-order chi connectivity index (χ0) is 11.4. The Hall–Kier alpha value is -0.830. The Balaban J connectivity index is 2.94. The summed E-state index contributed by atoms with van der Waals surface area (Å²) in [4.78, 5) is 10.3. The van der Waals surface area contributed by atoms with Crippen molar-refractivity contribution in [3.63, 3.8) is 0 Å². The van der Waals surface area contributed by atoms with E-state index in [2.05, 4.69) is 21.0 Å². The molecule has 0 unspecified atom stereocenters. The van der Waals surface area contributed by atoms with Crippen LogP contribution in [0.5, 0.6) is 5.75 Å². The normalized spacial score (nSPS) is 10.5. The molecule has 15 heavy (non-hydrogen) atoms. The maximum Gasteiger partial charge on any atom is 0.332 e. The summed E-state index contributed by atoms with van der Waals surface area (Å²) in [7, 11) is 0. The third-order valence-corrected chi connectivity index (χ3v) is 2.72. The lowest BCUT2D eigenvalue weighted by Gasteiger charge is -2.02. The molecule has 0 fully saturated rings. The second-order valence-electron chi connectivity index (χ2n) is 2.56. The minimum atomic E-state index is -0.754. The zero-order valence-electron chi connectivity index (χ0n) is 7.37. The molecule has 0 aromatic heterocycles. The van der Waals surface area contributed by atoms with E-state index in [0.717, 1.165) is 4.47 Å². The predicted molar refractivity (Wildman–Crippen MR) is 68.8 cm³/mol. The van der Waals surface area contributed by atoms with Gasteiger partial charge in [-0.25, -0.2) is 10.2 Å². The van der Waals surface area contributed by atoms with Gasteiger partial charge in [-0.1, -0.05) is 15.9 Å². The Labute approximate surface area is 108 Å². The number of primary amides is 1. The van der Waals surface area contributed by atoms with Gasteiger partial charge in [0.1, 0.15) is 5.75 Å². The molecule has 4 N–H and O–H groups in total. The Morgan fingerprint density at radius 2 is 2.33 bits per heavy atom. The molecule has 0 aliphatic carbocycles. The van der Waals surface area contributed by atoms with Gasteiger partial charge in [0.25, 0.3) is 0 Å². The van der Waals surface area contributed by atoms with Crippen LogP contribution in [-0.4, -0.2) is 17.4 Å². The number of hydrazone groups is 1. The van der Waals surface area contributed by atoms with Crippen LogP contribution in [0.3, 0.4) is 0 Å². The Morgan fingerprint density at radius 1 is 1.67 bits per heavy atom. The van der Waals surface area contributed by atoms with E-state index in [1.54, 1.807) is 12.1 Å². The molecule has 0 atom stereocenters. The summed E-state index contributed by atoms with van der Waals surface area (Å²) in [6.45, 7) is 0. The van der Waals surface area contributed by atoms with Crippen LogP contribution >= 0.6 is 38.5 Å². The minimum absolute atomic E-state index is 0.105. The number of nitrogens with zero attached hydrogens (tertiary/aromatic N) is 1. The molecule has 1 aromatic carbocycles. The average Bonchev–Trinajstić information content (AvgIpc) is 2.12. The number of carbonyl (C=O) groups is 1. The van der Waals surface area contributed by atoms with E-state index in [1.165, 1.54) is 6.21 Å². The highest BCUT2D eigenvalue weighted by Crippen LogP contribution is 2.27. The Kier molecular flexibility index (Phi) is 4.33. The fraction of sp³-hybridized carbons (Fsp3) is 0. The van der Waals surface area contributed by atoms with Crippen LogP contribution in [0.15, 0.2) is 21.7 Å². The van der Waals surface area contributed by atoms with Crippen LogP contribution < -0.4 is 11.2 Å². The number of benzene rings is 1. The first-order valence-corrected chi connectivity index (χ1v) is 5.64. The molecule has 2 amide bonds. The molecule has 1 aromatic rings. The molecular formula is C8H7BrIN3O2. The van der Waals surface area contributed by atoms with Crippen molar-refractivity contribution in [1.29, 1.82) is 0 Å². The van der Waals surface area contributed by atoms with Crippen molar-refractivity contribution in [2.24, 2.45) is 10.8 Å². The number of phenols is 1. The van der Waals surface area contributed by atoms with Crippen LogP contribution in [0.1, 0.15) is 5.56 Å². The minimum Gasteiger partial charge on any atom is -0.506 e. The third kappa shape index (κ3) is 3.67. The van der Waals surface area contributed by atoms with Gasteiger partial charge in [-0.15, -0.1) is 0 Å². The van der Waals surface area contributed by atoms with Crippen LogP contribution in [0.4, 0.5) is 4.79 Å². The molecule has 0 saturated carbocycles. The summed E-state index contributed by atoms with van der Waals surface area (Å²) < 4.78 is 1.49. The lowest BCUT2D eigenvalue weighted by atomic mass is 10.2. The van der Waals surface area contributed by atoms with Gasteiger partial charge in [0, 0.05) is 10.0 Å². The van der Waals surface area contributed by atoms with Crippen LogP contribution in [-0.2, 0) is 0 Å². The zero-order valence-corrected chi connectivity index (χ0v) is 11.1.